The third-order valence-corrected chi connectivity index (χ3v) is 5.34. The molecule has 0 atom stereocenters. The molecule has 0 fully saturated rings. The topological polar surface area (TPSA) is 63.2 Å². The van der Waals surface area contributed by atoms with Gasteiger partial charge in [-0.3, -0.25) is 4.79 Å². The zero-order valence-corrected chi connectivity index (χ0v) is 16.1. The van der Waals surface area contributed by atoms with E-state index in [-0.39, 0.29) is 12.5 Å². The number of ether oxygens (including phenoxy) is 1. The molecule has 0 saturated carbocycles. The standard InChI is InChI=1S/C22H19N3O2S/c1-27-18-12-10-16(11-13-18)23-14-21(26)24-17-8-6-15(7-9-17)22-25-19-4-2-3-5-20(19)28-22/h2-13,23H,14H2,1H3,(H,24,26). The van der Waals surface area contributed by atoms with Gasteiger partial charge in [0.2, 0.25) is 5.91 Å². The van der Waals surface area contributed by atoms with Crippen molar-refractivity contribution in [2.75, 3.05) is 24.3 Å². The van der Waals surface area contributed by atoms with Crippen LogP contribution in [0.4, 0.5) is 11.4 Å². The van der Waals surface area contributed by atoms with Gasteiger partial charge in [0.15, 0.2) is 0 Å². The zero-order chi connectivity index (χ0) is 19.3. The summed E-state index contributed by atoms with van der Waals surface area (Å²) in [6.45, 7) is 0.186. The van der Waals surface area contributed by atoms with Gasteiger partial charge in [-0.15, -0.1) is 11.3 Å². The summed E-state index contributed by atoms with van der Waals surface area (Å²) in [5.41, 5.74) is 3.66. The van der Waals surface area contributed by atoms with Crippen LogP contribution in [0.1, 0.15) is 0 Å². The predicted octanol–water partition coefficient (Wildman–Crippen LogP) is 5.02. The summed E-state index contributed by atoms with van der Waals surface area (Å²) in [5.74, 6) is 0.673. The van der Waals surface area contributed by atoms with E-state index in [1.807, 2.05) is 66.7 Å². The van der Waals surface area contributed by atoms with E-state index >= 15 is 0 Å². The molecular formula is C22H19N3O2S. The minimum Gasteiger partial charge on any atom is -0.497 e. The number of nitrogens with zero attached hydrogens (tertiary/aromatic N) is 1. The van der Waals surface area contributed by atoms with Crippen LogP contribution in [0.5, 0.6) is 5.75 Å². The first-order chi connectivity index (χ1) is 13.7. The van der Waals surface area contributed by atoms with Crippen molar-refractivity contribution in [2.45, 2.75) is 0 Å². The van der Waals surface area contributed by atoms with Crippen LogP contribution < -0.4 is 15.4 Å². The van der Waals surface area contributed by atoms with E-state index in [0.717, 1.165) is 33.2 Å². The normalized spacial score (nSPS) is 10.6. The fourth-order valence-corrected chi connectivity index (χ4v) is 3.76. The Hall–Kier alpha value is -3.38. The molecule has 2 N–H and O–H groups in total. The van der Waals surface area contributed by atoms with Crippen LogP contribution in [0.25, 0.3) is 20.8 Å². The van der Waals surface area contributed by atoms with E-state index in [9.17, 15) is 4.79 Å². The number of benzene rings is 3. The zero-order valence-electron chi connectivity index (χ0n) is 15.3. The lowest BCUT2D eigenvalue weighted by Gasteiger charge is -2.09. The maximum Gasteiger partial charge on any atom is 0.243 e. The van der Waals surface area contributed by atoms with Crippen molar-refractivity contribution in [3.8, 4) is 16.3 Å². The van der Waals surface area contributed by atoms with E-state index in [4.69, 9.17) is 4.74 Å². The molecule has 6 heteroatoms. The van der Waals surface area contributed by atoms with E-state index in [2.05, 4.69) is 21.7 Å². The smallest absolute Gasteiger partial charge is 0.243 e. The summed E-state index contributed by atoms with van der Waals surface area (Å²) in [6.07, 6.45) is 0. The van der Waals surface area contributed by atoms with Crippen LogP contribution in [-0.4, -0.2) is 24.5 Å². The van der Waals surface area contributed by atoms with Crippen molar-refractivity contribution in [1.29, 1.82) is 0 Å². The molecule has 0 saturated heterocycles. The van der Waals surface area contributed by atoms with Gasteiger partial charge in [0.05, 0.1) is 23.9 Å². The summed E-state index contributed by atoms with van der Waals surface area (Å²) in [5, 5.41) is 6.96. The summed E-state index contributed by atoms with van der Waals surface area (Å²) < 4.78 is 6.29. The van der Waals surface area contributed by atoms with Gasteiger partial charge in [-0.25, -0.2) is 4.98 Å². The largest absolute Gasteiger partial charge is 0.497 e. The van der Waals surface area contributed by atoms with Gasteiger partial charge in [-0.05, 0) is 60.7 Å². The molecule has 1 aromatic heterocycles. The molecule has 4 aromatic rings. The summed E-state index contributed by atoms with van der Waals surface area (Å²) in [7, 11) is 1.62. The predicted molar refractivity (Wildman–Crippen MR) is 115 cm³/mol. The van der Waals surface area contributed by atoms with Gasteiger partial charge in [-0.2, -0.15) is 0 Å². The number of fused-ring (bicyclic) bond motifs is 1. The summed E-state index contributed by atoms with van der Waals surface area (Å²) in [4.78, 5) is 16.8. The van der Waals surface area contributed by atoms with Crippen LogP contribution in [0.3, 0.4) is 0 Å². The molecule has 0 radical (unpaired) electrons. The number of amides is 1. The monoisotopic (exact) mass is 389 g/mol. The molecule has 0 spiro atoms. The van der Waals surface area contributed by atoms with E-state index in [1.54, 1.807) is 18.4 Å². The molecule has 4 rings (SSSR count). The van der Waals surface area contributed by atoms with Gasteiger partial charge in [0.25, 0.3) is 0 Å². The highest BCUT2D eigenvalue weighted by atomic mass is 32.1. The molecule has 0 aliphatic heterocycles. The number of rotatable bonds is 6. The Bertz CT molecular complexity index is 1060. The summed E-state index contributed by atoms with van der Waals surface area (Å²) in [6, 6.07) is 23.3. The van der Waals surface area contributed by atoms with Crippen LogP contribution in [0, 0.1) is 0 Å². The van der Waals surface area contributed by atoms with Crippen molar-refractivity contribution >= 4 is 38.8 Å². The second-order valence-corrected chi connectivity index (χ2v) is 7.22. The van der Waals surface area contributed by atoms with Crippen molar-refractivity contribution < 1.29 is 9.53 Å². The second-order valence-electron chi connectivity index (χ2n) is 6.19. The molecule has 1 amide bonds. The van der Waals surface area contributed by atoms with E-state index in [1.165, 1.54) is 4.70 Å². The van der Waals surface area contributed by atoms with Crippen molar-refractivity contribution in [2.24, 2.45) is 0 Å². The first-order valence-electron chi connectivity index (χ1n) is 8.85. The third-order valence-electron chi connectivity index (χ3n) is 4.25. The number of carbonyl (C=O) groups excluding carboxylic acids is 1. The fraction of sp³-hybridized carbons (Fsp3) is 0.0909. The van der Waals surface area contributed by atoms with E-state index in [0.29, 0.717) is 0 Å². The Morgan fingerprint density at radius 2 is 1.68 bits per heavy atom. The lowest BCUT2D eigenvalue weighted by Crippen LogP contribution is -2.21. The number of carbonyl (C=O) groups is 1. The molecule has 0 bridgehead atoms. The number of thiazole rings is 1. The maximum absolute atomic E-state index is 12.2. The van der Waals surface area contributed by atoms with Crippen molar-refractivity contribution in [3.63, 3.8) is 0 Å². The molecule has 140 valence electrons. The lowest BCUT2D eigenvalue weighted by atomic mass is 10.2. The number of hydrogen-bond acceptors (Lipinski definition) is 5. The third kappa shape index (κ3) is 4.13. The Kier molecular flexibility index (Phi) is 5.21. The van der Waals surface area contributed by atoms with Gasteiger partial charge in [0.1, 0.15) is 10.8 Å². The number of anilines is 2. The van der Waals surface area contributed by atoms with Gasteiger partial charge in [0, 0.05) is 16.9 Å². The molecule has 5 nitrogen and oxygen atoms in total. The SMILES string of the molecule is COc1ccc(NCC(=O)Nc2ccc(-c3nc4ccccc4s3)cc2)cc1. The highest BCUT2D eigenvalue weighted by Crippen LogP contribution is 2.30. The van der Waals surface area contributed by atoms with Crippen LogP contribution in [-0.2, 0) is 4.79 Å². The Morgan fingerprint density at radius 3 is 2.39 bits per heavy atom. The highest BCUT2D eigenvalue weighted by Gasteiger charge is 2.07. The first kappa shape index (κ1) is 18.0. The fourth-order valence-electron chi connectivity index (χ4n) is 2.79. The second kappa shape index (κ2) is 8.10. The first-order valence-corrected chi connectivity index (χ1v) is 9.67. The lowest BCUT2D eigenvalue weighted by molar-refractivity contribution is -0.114. The molecule has 0 aliphatic carbocycles. The van der Waals surface area contributed by atoms with Crippen molar-refractivity contribution in [3.05, 3.63) is 72.8 Å². The molecule has 3 aromatic carbocycles. The average molecular weight is 389 g/mol. The Labute approximate surface area is 167 Å². The number of para-hydroxylation sites is 1. The quantitative estimate of drug-likeness (QED) is 0.486. The maximum atomic E-state index is 12.2. The number of nitrogens with one attached hydrogen (secondary N) is 2. The molecule has 0 aliphatic rings. The van der Waals surface area contributed by atoms with Gasteiger partial charge >= 0.3 is 0 Å². The van der Waals surface area contributed by atoms with Crippen LogP contribution in [0.15, 0.2) is 72.8 Å². The number of aromatic nitrogens is 1. The van der Waals surface area contributed by atoms with Crippen LogP contribution >= 0.6 is 11.3 Å². The molecule has 0 unspecified atom stereocenters. The van der Waals surface area contributed by atoms with Gasteiger partial charge < -0.3 is 15.4 Å². The molecular weight excluding hydrogens is 370 g/mol. The van der Waals surface area contributed by atoms with E-state index < -0.39 is 0 Å². The van der Waals surface area contributed by atoms with Crippen molar-refractivity contribution in [1.82, 2.24) is 4.98 Å². The molecule has 28 heavy (non-hydrogen) atoms. The average Bonchev–Trinajstić information content (AvgIpc) is 3.17. The minimum atomic E-state index is -0.108. The highest BCUT2D eigenvalue weighted by molar-refractivity contribution is 7.21. The minimum absolute atomic E-state index is 0.108. The molecule has 1 heterocycles. The number of hydrogen-bond donors (Lipinski definition) is 2. The summed E-state index contributed by atoms with van der Waals surface area (Å²) >= 11 is 1.66. The Morgan fingerprint density at radius 1 is 0.964 bits per heavy atom. The van der Waals surface area contributed by atoms with Crippen LogP contribution in [0.2, 0.25) is 0 Å². The van der Waals surface area contributed by atoms with Gasteiger partial charge in [-0.1, -0.05) is 12.1 Å². The number of methoxy groups -OCH3 is 1. The Balaban J connectivity index is 1.36.